The summed E-state index contributed by atoms with van der Waals surface area (Å²) in [5, 5.41) is 18.7. The maximum absolute atomic E-state index is 13.7. The van der Waals surface area contributed by atoms with Gasteiger partial charge >= 0.3 is 6.09 Å². The van der Waals surface area contributed by atoms with Crippen LogP contribution in [0.2, 0.25) is 0 Å². The fourth-order valence-corrected chi connectivity index (χ4v) is 10.3. The number of pyridine rings is 1. The lowest BCUT2D eigenvalue weighted by atomic mass is 9.82. The Morgan fingerprint density at radius 1 is 0.795 bits per heavy atom. The maximum atomic E-state index is 13.7. The molecule has 5 amide bonds. The zero-order valence-electron chi connectivity index (χ0n) is 46.5. The molecule has 1 aliphatic heterocycles. The van der Waals surface area contributed by atoms with Crippen LogP contribution in [0.1, 0.15) is 157 Å². The number of ether oxygens (including phenoxy) is 2. The summed E-state index contributed by atoms with van der Waals surface area (Å²) in [4.78, 5) is 83.5. The number of benzene rings is 1. The van der Waals surface area contributed by atoms with E-state index in [-0.39, 0.29) is 73.9 Å². The molecule has 2 aromatic rings. The van der Waals surface area contributed by atoms with Crippen molar-refractivity contribution in [3.63, 3.8) is 0 Å². The highest BCUT2D eigenvalue weighted by Crippen LogP contribution is 2.31. The van der Waals surface area contributed by atoms with Crippen molar-refractivity contribution in [2.24, 2.45) is 17.8 Å². The fourth-order valence-electron chi connectivity index (χ4n) is 7.93. The first-order chi connectivity index (χ1) is 35.2. The molecule has 4 atom stereocenters. The summed E-state index contributed by atoms with van der Waals surface area (Å²) < 4.78 is 11.6. The van der Waals surface area contributed by atoms with Crippen molar-refractivity contribution in [1.29, 1.82) is 0 Å². The molecule has 0 spiro atoms. The molecule has 1 aliphatic carbocycles. The minimum absolute atomic E-state index is 0.00931. The van der Waals surface area contributed by atoms with Gasteiger partial charge in [-0.1, -0.05) is 123 Å². The number of nitrogens with one attached hydrogen (secondary N) is 4. The van der Waals surface area contributed by atoms with E-state index in [1.165, 1.54) is 36.8 Å². The normalized spacial score (nSPS) is 14.8. The van der Waals surface area contributed by atoms with Crippen LogP contribution in [-0.4, -0.2) is 125 Å². The number of ketones is 1. The molecule has 2 aliphatic rings. The molecule has 0 bridgehead atoms. The summed E-state index contributed by atoms with van der Waals surface area (Å²) in [6.07, 6.45) is 11.0. The number of aliphatic hydroxyl groups excluding tert-OH is 1. The van der Waals surface area contributed by atoms with Gasteiger partial charge in [0.15, 0.2) is 6.10 Å². The largest absolute Gasteiger partial charge is 0.436 e. The molecule has 15 nitrogen and oxygen atoms in total. The summed E-state index contributed by atoms with van der Waals surface area (Å²) in [6.45, 7) is 19.9. The first-order valence-electron chi connectivity index (χ1n) is 26.9. The minimum atomic E-state index is -1.20. The van der Waals surface area contributed by atoms with Gasteiger partial charge in [-0.05, 0) is 81.9 Å². The topological polar surface area (TPSA) is 205 Å². The summed E-state index contributed by atoms with van der Waals surface area (Å²) in [5.74, 6) is 1.29. The molecule has 1 aromatic carbocycles. The van der Waals surface area contributed by atoms with Gasteiger partial charge in [0.05, 0.1) is 18.8 Å². The zero-order chi connectivity index (χ0) is 54.8. The third-order valence-corrected chi connectivity index (χ3v) is 14.8. The van der Waals surface area contributed by atoms with Crippen molar-refractivity contribution in [3.8, 4) is 0 Å². The quantitative estimate of drug-likeness (QED) is 0.0531. The number of hydrogen-bond acceptors (Lipinski definition) is 12. The third-order valence-electron chi connectivity index (χ3n) is 11.9. The van der Waals surface area contributed by atoms with Gasteiger partial charge in [-0.15, -0.1) is 23.5 Å². The standard InChI is InChI=1S/C43H64N6O7.C6H14O.C4H8S2.C2H6.CH4O/c1-6-15-37(41(53)45-28-35-20-13-14-24-44-35)48-40(52)36(30(2)3)22-21-34(26-32-16-9-7-10-17-32)47-39(51)29-46-42(54)38(27-33-18-11-8-12-19-33)56-43(55)49(5)25-23-31(4)50;1-3-5-7-6-4-2;1-4-5-2-3-6-4;2*1-2/h8,11-14,18-20,24,30,32,34,36-38H,6-7,9-10,15-17,21-23,25-29H2,1-5H3,(H,45,53)(H,46,54)(H,47,51)(H,48,52);3-6H2,1-2H3;4H,2-3H2,1H3;1-2H3;2H,1H3/t34?,36-,37-,38-;;;;/m0..../s1. The number of rotatable bonds is 27. The Morgan fingerprint density at radius 2 is 1.42 bits per heavy atom. The van der Waals surface area contributed by atoms with E-state index in [0.717, 1.165) is 81.1 Å². The Balaban J connectivity index is 0.00000261. The molecule has 5 N–H and O–H groups in total. The van der Waals surface area contributed by atoms with Crippen molar-refractivity contribution < 1.29 is 43.3 Å². The van der Waals surface area contributed by atoms with Crippen LogP contribution in [-0.2, 0) is 46.4 Å². The number of carbonyl (C=O) groups is 6. The fraction of sp³-hybridized carbons (Fsp3) is 0.696. The van der Waals surface area contributed by atoms with Crippen LogP contribution < -0.4 is 21.3 Å². The molecule has 2 fully saturated rings. The molecule has 1 aromatic heterocycles. The Kier molecular flexibility index (Phi) is 41.6. The first-order valence-corrected chi connectivity index (χ1v) is 29.0. The van der Waals surface area contributed by atoms with Crippen molar-refractivity contribution >= 4 is 59.0 Å². The lowest BCUT2D eigenvalue weighted by Gasteiger charge is -2.29. The van der Waals surface area contributed by atoms with Crippen molar-refractivity contribution in [1.82, 2.24) is 31.2 Å². The monoisotopic (exact) mass is 1060 g/mol. The lowest BCUT2D eigenvalue weighted by molar-refractivity contribution is -0.133. The van der Waals surface area contributed by atoms with Crippen molar-refractivity contribution in [2.45, 2.75) is 182 Å². The number of hydrogen-bond donors (Lipinski definition) is 5. The zero-order valence-corrected chi connectivity index (χ0v) is 48.1. The van der Waals surface area contributed by atoms with Gasteiger partial charge in [-0.3, -0.25) is 29.0 Å². The highest BCUT2D eigenvalue weighted by Gasteiger charge is 2.30. The lowest BCUT2D eigenvalue weighted by Crippen LogP contribution is -2.49. The molecule has 2 heterocycles. The molecule has 73 heavy (non-hydrogen) atoms. The third kappa shape index (κ3) is 33.4. The number of Topliss-reactive ketones (excluding diaryl/α,β-unsaturated/α-hetero) is 1. The molecular weight excluding hydrogens is 965 g/mol. The highest BCUT2D eigenvalue weighted by atomic mass is 32.2. The van der Waals surface area contributed by atoms with E-state index in [0.29, 0.717) is 31.6 Å². The molecule has 4 rings (SSSR count). The van der Waals surface area contributed by atoms with E-state index in [9.17, 15) is 28.8 Å². The van der Waals surface area contributed by atoms with Crippen LogP contribution in [0, 0.1) is 17.8 Å². The Bertz CT molecular complexity index is 1750. The van der Waals surface area contributed by atoms with Crippen LogP contribution in [0.5, 0.6) is 0 Å². The van der Waals surface area contributed by atoms with Gasteiger partial charge in [0.1, 0.15) is 11.8 Å². The number of amides is 5. The van der Waals surface area contributed by atoms with Gasteiger partial charge in [0.25, 0.3) is 5.91 Å². The van der Waals surface area contributed by atoms with Crippen LogP contribution in [0.25, 0.3) is 0 Å². The molecule has 0 radical (unpaired) electrons. The van der Waals surface area contributed by atoms with E-state index in [4.69, 9.17) is 14.6 Å². The van der Waals surface area contributed by atoms with Gasteiger partial charge < -0.3 is 40.7 Å². The first kappa shape index (κ1) is 68.8. The number of carbonyl (C=O) groups excluding carboxylic acids is 6. The van der Waals surface area contributed by atoms with E-state index < -0.39 is 24.1 Å². The van der Waals surface area contributed by atoms with E-state index >= 15 is 0 Å². The molecule has 17 heteroatoms. The highest BCUT2D eigenvalue weighted by molar-refractivity contribution is 8.20. The van der Waals surface area contributed by atoms with Gasteiger partial charge in [0.2, 0.25) is 17.7 Å². The van der Waals surface area contributed by atoms with Crippen LogP contribution in [0.4, 0.5) is 4.79 Å². The maximum Gasteiger partial charge on any atom is 0.410 e. The number of thioether (sulfide) groups is 2. The summed E-state index contributed by atoms with van der Waals surface area (Å²) >= 11 is 4.12. The Labute approximate surface area is 448 Å². The van der Waals surface area contributed by atoms with Crippen LogP contribution in [0.15, 0.2) is 54.7 Å². The number of aromatic nitrogens is 1. The van der Waals surface area contributed by atoms with E-state index in [1.54, 1.807) is 6.20 Å². The van der Waals surface area contributed by atoms with Crippen LogP contribution in [0.3, 0.4) is 0 Å². The predicted octanol–water partition coefficient (Wildman–Crippen LogP) is 9.54. The average molecular weight is 1060 g/mol. The van der Waals surface area contributed by atoms with E-state index in [1.807, 2.05) is 83.1 Å². The minimum Gasteiger partial charge on any atom is -0.436 e. The second-order valence-corrected chi connectivity index (χ2v) is 21.6. The molecular formula is C56H96N6O9S2. The summed E-state index contributed by atoms with van der Waals surface area (Å²) in [7, 11) is 2.50. The Hall–Kier alpha value is -4.19. The Morgan fingerprint density at radius 3 is 1.96 bits per heavy atom. The smallest absolute Gasteiger partial charge is 0.410 e. The summed E-state index contributed by atoms with van der Waals surface area (Å²) in [6, 6.07) is 13.7. The van der Waals surface area contributed by atoms with Gasteiger partial charge in [-0.2, -0.15) is 0 Å². The number of nitrogens with zero attached hydrogens (tertiary/aromatic N) is 2. The van der Waals surface area contributed by atoms with Gasteiger partial charge in [-0.25, -0.2) is 4.79 Å². The average Bonchev–Trinajstić information content (AvgIpc) is 3.89. The van der Waals surface area contributed by atoms with Crippen LogP contribution >= 0.6 is 23.5 Å². The predicted molar refractivity (Wildman–Crippen MR) is 300 cm³/mol. The SMILES string of the molecule is CC.CC1SCCS1.CCCOCCC.CCC[C@H](NC(=O)[C@@H](CCC(CC1CCCCC1)NC(=O)CNC(=O)[C@H](Cc1ccccc1)OC(=O)N(C)CCC(C)=O)C(C)C)C(=O)NCc1ccccn1.CO. The molecule has 1 saturated heterocycles. The molecule has 1 unspecified atom stereocenters. The second-order valence-electron chi connectivity index (χ2n) is 18.4. The summed E-state index contributed by atoms with van der Waals surface area (Å²) in [5.41, 5.74) is 1.51. The van der Waals surface area contributed by atoms with E-state index in [2.05, 4.69) is 70.5 Å². The molecule has 1 saturated carbocycles. The van der Waals surface area contributed by atoms with Crippen molar-refractivity contribution in [3.05, 3.63) is 66.0 Å². The van der Waals surface area contributed by atoms with Crippen molar-refractivity contribution in [2.75, 3.05) is 52.0 Å². The van der Waals surface area contributed by atoms with Gasteiger partial charge in [0, 0.05) is 81.0 Å². The second kappa shape index (κ2) is 44.1. The number of aliphatic hydroxyl groups is 1. The molecule has 416 valence electrons.